The van der Waals surface area contributed by atoms with Gasteiger partial charge in [0.1, 0.15) is 0 Å². The molecule has 104 valence electrons. The maximum absolute atomic E-state index is 12.5. The molecule has 0 saturated carbocycles. The van der Waals surface area contributed by atoms with Gasteiger partial charge >= 0.3 is 0 Å². The summed E-state index contributed by atoms with van der Waals surface area (Å²) in [5, 5.41) is 1.02. The lowest BCUT2D eigenvalue weighted by molar-refractivity contribution is 0.0730. The molecule has 1 saturated heterocycles. The lowest BCUT2D eigenvalue weighted by Gasteiger charge is -2.24. The molecule has 0 radical (unpaired) electrons. The zero-order valence-corrected chi connectivity index (χ0v) is 13.7. The fraction of sp³-hybridized carbons (Fsp3) is 0.533. The van der Waals surface area contributed by atoms with Crippen molar-refractivity contribution in [3.8, 4) is 0 Å². The predicted octanol–water partition coefficient (Wildman–Crippen LogP) is 4.19. The summed E-state index contributed by atoms with van der Waals surface area (Å²) in [5.74, 6) is 0.199. The van der Waals surface area contributed by atoms with Gasteiger partial charge in [-0.15, -0.1) is 11.8 Å². The van der Waals surface area contributed by atoms with Crippen LogP contribution in [0.25, 0.3) is 0 Å². The van der Waals surface area contributed by atoms with Crippen LogP contribution in [0, 0.1) is 0 Å². The van der Waals surface area contributed by atoms with Gasteiger partial charge in [0.25, 0.3) is 5.91 Å². The summed E-state index contributed by atoms with van der Waals surface area (Å²) in [6.45, 7) is 0.913. The minimum absolute atomic E-state index is 0.199. The number of rotatable bonds is 5. The molecule has 4 heteroatoms. The summed E-state index contributed by atoms with van der Waals surface area (Å²) in [6, 6.07) is 8.40. The van der Waals surface area contributed by atoms with Crippen molar-refractivity contribution < 1.29 is 4.79 Å². The Kier molecular flexibility index (Phi) is 5.76. The van der Waals surface area contributed by atoms with Crippen molar-refractivity contribution in [3.05, 3.63) is 29.8 Å². The third-order valence-electron chi connectivity index (χ3n) is 3.65. The molecular formula is C15H20BrNOS. The van der Waals surface area contributed by atoms with Crippen molar-refractivity contribution in [2.24, 2.45) is 0 Å². The molecular weight excluding hydrogens is 322 g/mol. The maximum atomic E-state index is 12.5. The van der Waals surface area contributed by atoms with E-state index in [9.17, 15) is 4.79 Å². The second kappa shape index (κ2) is 7.34. The summed E-state index contributed by atoms with van der Waals surface area (Å²) in [5.41, 5.74) is 0.823. The van der Waals surface area contributed by atoms with E-state index < -0.39 is 0 Å². The zero-order chi connectivity index (χ0) is 13.7. The molecule has 0 spiro atoms. The van der Waals surface area contributed by atoms with Gasteiger partial charge in [-0.25, -0.2) is 0 Å². The number of hydrogen-bond acceptors (Lipinski definition) is 2. The number of nitrogens with zero attached hydrogens (tertiary/aromatic N) is 1. The number of amides is 1. The number of thioether (sulfide) groups is 1. The van der Waals surface area contributed by atoms with E-state index in [2.05, 4.69) is 20.8 Å². The van der Waals surface area contributed by atoms with Crippen molar-refractivity contribution in [2.45, 2.75) is 36.6 Å². The summed E-state index contributed by atoms with van der Waals surface area (Å²) in [4.78, 5) is 15.8. The first-order chi connectivity index (χ1) is 9.26. The van der Waals surface area contributed by atoms with E-state index in [4.69, 9.17) is 0 Å². The number of carbonyl (C=O) groups is 1. The Hall–Kier alpha value is -0.480. The summed E-state index contributed by atoms with van der Waals surface area (Å²) in [7, 11) is 0. The highest BCUT2D eigenvalue weighted by Crippen LogP contribution is 2.24. The van der Waals surface area contributed by atoms with Crippen LogP contribution in [-0.2, 0) is 0 Å². The molecule has 1 heterocycles. The summed E-state index contributed by atoms with van der Waals surface area (Å²) < 4.78 is 0. The van der Waals surface area contributed by atoms with Gasteiger partial charge < -0.3 is 4.90 Å². The van der Waals surface area contributed by atoms with Gasteiger partial charge in [0.15, 0.2) is 0 Å². The first-order valence-corrected chi connectivity index (χ1v) is 9.12. The molecule has 0 aromatic heterocycles. The average Bonchev–Trinajstić information content (AvgIpc) is 2.92. The first kappa shape index (κ1) is 14.9. The van der Waals surface area contributed by atoms with E-state index in [0.29, 0.717) is 6.04 Å². The topological polar surface area (TPSA) is 20.3 Å². The molecule has 2 nitrogen and oxygen atoms in total. The van der Waals surface area contributed by atoms with Crippen LogP contribution in [0.2, 0.25) is 0 Å². The monoisotopic (exact) mass is 341 g/mol. The van der Waals surface area contributed by atoms with E-state index in [1.807, 2.05) is 30.5 Å². The van der Waals surface area contributed by atoms with E-state index in [1.54, 1.807) is 11.8 Å². The number of benzene rings is 1. The molecule has 1 aliphatic heterocycles. The number of hydrogen-bond donors (Lipinski definition) is 0. The molecule has 2 rings (SSSR count). The van der Waals surface area contributed by atoms with Crippen molar-refractivity contribution in [2.75, 3.05) is 18.1 Å². The van der Waals surface area contributed by atoms with Crippen molar-refractivity contribution >= 4 is 33.6 Å². The lowest BCUT2D eigenvalue weighted by atomic mass is 10.1. The SMILES string of the molecule is CSc1ccc(C(=O)N2CCCC2CCCBr)cc1. The van der Waals surface area contributed by atoms with Crippen LogP contribution in [0.3, 0.4) is 0 Å². The minimum Gasteiger partial charge on any atom is -0.336 e. The molecule has 1 aromatic rings. The molecule has 1 fully saturated rings. The predicted molar refractivity (Wildman–Crippen MR) is 85.3 cm³/mol. The Morgan fingerprint density at radius 2 is 2.16 bits per heavy atom. The molecule has 0 N–H and O–H groups in total. The van der Waals surface area contributed by atoms with Crippen molar-refractivity contribution in [3.63, 3.8) is 0 Å². The van der Waals surface area contributed by atoms with Crippen LogP contribution in [0.1, 0.15) is 36.0 Å². The standard InChI is InChI=1S/C15H20BrNOS/c1-19-14-8-6-12(7-9-14)15(18)17-11-3-5-13(17)4-2-10-16/h6-9,13H,2-5,10-11H2,1H3. The van der Waals surface area contributed by atoms with Gasteiger partial charge in [0.05, 0.1) is 0 Å². The average molecular weight is 342 g/mol. The van der Waals surface area contributed by atoms with Gasteiger partial charge in [-0.05, 0) is 56.2 Å². The molecule has 1 aliphatic rings. The Labute approximate surface area is 128 Å². The Morgan fingerprint density at radius 3 is 2.79 bits per heavy atom. The summed E-state index contributed by atoms with van der Waals surface area (Å²) >= 11 is 5.17. The molecule has 1 atom stereocenters. The quantitative estimate of drug-likeness (QED) is 0.591. The fourth-order valence-electron chi connectivity index (χ4n) is 2.62. The van der Waals surface area contributed by atoms with Gasteiger partial charge in [-0.2, -0.15) is 0 Å². The van der Waals surface area contributed by atoms with E-state index in [1.165, 1.54) is 4.90 Å². The van der Waals surface area contributed by atoms with Gasteiger partial charge in [0, 0.05) is 28.4 Å². The van der Waals surface area contributed by atoms with Crippen LogP contribution in [-0.4, -0.2) is 35.0 Å². The molecule has 1 unspecified atom stereocenters. The second-order valence-corrected chi connectivity index (χ2v) is 6.53. The fourth-order valence-corrected chi connectivity index (χ4v) is 3.35. The minimum atomic E-state index is 0.199. The third kappa shape index (κ3) is 3.76. The third-order valence-corrected chi connectivity index (χ3v) is 4.95. The van der Waals surface area contributed by atoms with Crippen LogP contribution >= 0.6 is 27.7 Å². The van der Waals surface area contributed by atoms with E-state index in [-0.39, 0.29) is 5.91 Å². The van der Waals surface area contributed by atoms with Crippen LogP contribution < -0.4 is 0 Å². The molecule has 1 aromatic carbocycles. The van der Waals surface area contributed by atoms with Crippen LogP contribution in [0.5, 0.6) is 0 Å². The van der Waals surface area contributed by atoms with Gasteiger partial charge in [-0.1, -0.05) is 15.9 Å². The Morgan fingerprint density at radius 1 is 1.42 bits per heavy atom. The smallest absolute Gasteiger partial charge is 0.254 e. The number of halogens is 1. The maximum Gasteiger partial charge on any atom is 0.254 e. The van der Waals surface area contributed by atoms with Crippen LogP contribution in [0.15, 0.2) is 29.2 Å². The molecule has 0 bridgehead atoms. The molecule has 0 aliphatic carbocycles. The zero-order valence-electron chi connectivity index (χ0n) is 11.3. The van der Waals surface area contributed by atoms with Gasteiger partial charge in [-0.3, -0.25) is 4.79 Å². The highest BCUT2D eigenvalue weighted by Gasteiger charge is 2.28. The van der Waals surface area contributed by atoms with Crippen molar-refractivity contribution in [1.82, 2.24) is 4.90 Å². The van der Waals surface area contributed by atoms with Crippen LogP contribution in [0.4, 0.5) is 0 Å². The number of alkyl halides is 1. The normalized spacial score (nSPS) is 18.8. The number of carbonyl (C=O) groups excluding carboxylic acids is 1. The van der Waals surface area contributed by atoms with Gasteiger partial charge in [0.2, 0.25) is 0 Å². The lowest BCUT2D eigenvalue weighted by Crippen LogP contribution is -2.35. The largest absolute Gasteiger partial charge is 0.336 e. The summed E-state index contributed by atoms with van der Waals surface area (Å²) in [6.07, 6.45) is 6.59. The van der Waals surface area contributed by atoms with E-state index in [0.717, 1.165) is 43.1 Å². The highest BCUT2D eigenvalue weighted by atomic mass is 79.9. The highest BCUT2D eigenvalue weighted by molar-refractivity contribution is 9.09. The Balaban J connectivity index is 2.04. The first-order valence-electron chi connectivity index (χ1n) is 6.77. The van der Waals surface area contributed by atoms with Crippen molar-refractivity contribution in [1.29, 1.82) is 0 Å². The number of likely N-dealkylation sites (tertiary alicyclic amines) is 1. The van der Waals surface area contributed by atoms with E-state index >= 15 is 0 Å². The molecule has 19 heavy (non-hydrogen) atoms. The molecule has 1 amide bonds. The second-order valence-electron chi connectivity index (χ2n) is 4.85. The Bertz CT molecular complexity index is 421.